The predicted molar refractivity (Wildman–Crippen MR) is 109 cm³/mol. The number of benzene rings is 1. The first-order valence-electron chi connectivity index (χ1n) is 7.44. The molecule has 2 N–H and O–H groups in total. The third-order valence-corrected chi connectivity index (χ3v) is 5.30. The molecule has 0 saturated heterocycles. The maximum Gasteiger partial charge on any atom is 0.335 e. The van der Waals surface area contributed by atoms with Gasteiger partial charge >= 0.3 is 5.97 Å². The molecule has 1 aromatic carbocycles. The summed E-state index contributed by atoms with van der Waals surface area (Å²) in [6.45, 7) is 3.46. The molecule has 136 valence electrons. The van der Waals surface area contributed by atoms with E-state index in [4.69, 9.17) is 5.11 Å². The molecular formula is C17H16BrN3O3S2. The second-order valence-corrected chi connectivity index (χ2v) is 7.39. The van der Waals surface area contributed by atoms with Crippen molar-refractivity contribution in [2.45, 2.75) is 20.3 Å². The Labute approximate surface area is 168 Å². The van der Waals surface area contributed by atoms with E-state index >= 15 is 0 Å². The summed E-state index contributed by atoms with van der Waals surface area (Å²) < 4.78 is 0. The van der Waals surface area contributed by atoms with Gasteiger partial charge in [0.1, 0.15) is 10.8 Å². The molecule has 0 bridgehead atoms. The van der Waals surface area contributed by atoms with E-state index in [9.17, 15) is 9.59 Å². The van der Waals surface area contributed by atoms with Gasteiger partial charge in [-0.2, -0.15) is 0 Å². The minimum absolute atomic E-state index is 0. The Kier molecular flexibility index (Phi) is 6.63. The van der Waals surface area contributed by atoms with Crippen LogP contribution < -0.4 is 5.32 Å². The van der Waals surface area contributed by atoms with Gasteiger partial charge in [-0.3, -0.25) is 4.79 Å². The molecule has 2 aromatic heterocycles. The van der Waals surface area contributed by atoms with Crippen LogP contribution in [0.15, 0.2) is 29.6 Å². The number of ketones is 1. The quantitative estimate of drug-likeness (QED) is 0.560. The molecule has 0 unspecified atom stereocenters. The van der Waals surface area contributed by atoms with Gasteiger partial charge < -0.3 is 10.4 Å². The number of rotatable bonds is 6. The Morgan fingerprint density at radius 3 is 2.50 bits per heavy atom. The summed E-state index contributed by atoms with van der Waals surface area (Å²) in [7, 11) is 0. The fourth-order valence-electron chi connectivity index (χ4n) is 2.23. The second kappa shape index (κ2) is 8.52. The van der Waals surface area contributed by atoms with E-state index in [0.29, 0.717) is 11.6 Å². The number of carbonyl (C=O) groups excluding carboxylic acids is 1. The van der Waals surface area contributed by atoms with Crippen molar-refractivity contribution in [1.29, 1.82) is 0 Å². The molecule has 0 amide bonds. The van der Waals surface area contributed by atoms with Crippen molar-refractivity contribution < 1.29 is 14.7 Å². The number of carbonyl (C=O) groups is 2. The van der Waals surface area contributed by atoms with Gasteiger partial charge in [0.25, 0.3) is 0 Å². The Bertz CT molecular complexity index is 935. The van der Waals surface area contributed by atoms with Gasteiger partial charge in [-0.05, 0) is 38.1 Å². The molecular weight excluding hydrogens is 438 g/mol. The summed E-state index contributed by atoms with van der Waals surface area (Å²) >= 11 is 2.94. The zero-order valence-corrected chi connectivity index (χ0v) is 17.3. The molecule has 0 aliphatic heterocycles. The molecule has 0 atom stereocenters. The summed E-state index contributed by atoms with van der Waals surface area (Å²) in [5.74, 6) is -0.865. The number of hydrogen-bond donors (Lipinski definition) is 2. The Balaban J connectivity index is 0.00000243. The number of aryl methyl sites for hydroxylation is 1. The molecule has 0 fully saturated rings. The number of nitrogens with zero attached hydrogens (tertiary/aromatic N) is 2. The fourth-order valence-corrected chi connectivity index (χ4v) is 4.13. The highest BCUT2D eigenvalue weighted by Gasteiger charge is 2.14. The van der Waals surface area contributed by atoms with Crippen molar-refractivity contribution in [3.05, 3.63) is 45.9 Å². The van der Waals surface area contributed by atoms with E-state index in [1.165, 1.54) is 22.7 Å². The van der Waals surface area contributed by atoms with Gasteiger partial charge in [0.05, 0.1) is 28.2 Å². The molecule has 0 radical (unpaired) electrons. The van der Waals surface area contributed by atoms with Gasteiger partial charge in [-0.15, -0.1) is 39.7 Å². The molecule has 0 aliphatic rings. The number of aromatic nitrogens is 2. The zero-order valence-electron chi connectivity index (χ0n) is 14.0. The number of aromatic carboxylic acids is 1. The largest absolute Gasteiger partial charge is 0.478 e. The number of hydrogen-bond acceptors (Lipinski definition) is 7. The number of Topliss-reactive ketones (excluding diaryl/α,β-unsaturated/α-hetero) is 1. The van der Waals surface area contributed by atoms with Crippen molar-refractivity contribution in [2.24, 2.45) is 0 Å². The van der Waals surface area contributed by atoms with Crippen molar-refractivity contribution in [3.8, 4) is 10.6 Å². The van der Waals surface area contributed by atoms with Gasteiger partial charge in [-0.25, -0.2) is 14.8 Å². The monoisotopic (exact) mass is 453 g/mol. The van der Waals surface area contributed by atoms with E-state index in [1.54, 1.807) is 31.2 Å². The van der Waals surface area contributed by atoms with E-state index in [-0.39, 0.29) is 28.3 Å². The van der Waals surface area contributed by atoms with E-state index in [2.05, 4.69) is 15.3 Å². The molecule has 6 nitrogen and oxygen atoms in total. The van der Waals surface area contributed by atoms with Crippen LogP contribution >= 0.6 is 39.7 Å². The van der Waals surface area contributed by atoms with Crippen LogP contribution in [0, 0.1) is 6.92 Å². The van der Waals surface area contributed by atoms with Crippen LogP contribution in [0.3, 0.4) is 0 Å². The summed E-state index contributed by atoms with van der Waals surface area (Å²) in [5.41, 5.74) is 2.69. The lowest BCUT2D eigenvalue weighted by atomic mass is 10.2. The van der Waals surface area contributed by atoms with E-state index in [0.717, 1.165) is 27.0 Å². The number of anilines is 2. The SMILES string of the molecule is Br.CC(=O)Cc1nc(C)c(-c2csc(Nc3ccc(C(=O)O)cc3)n2)s1. The Morgan fingerprint density at radius 1 is 1.19 bits per heavy atom. The van der Waals surface area contributed by atoms with Crippen molar-refractivity contribution in [1.82, 2.24) is 9.97 Å². The highest BCUT2D eigenvalue weighted by atomic mass is 79.9. The smallest absolute Gasteiger partial charge is 0.335 e. The first kappa shape index (κ1) is 20.2. The van der Waals surface area contributed by atoms with E-state index in [1.807, 2.05) is 12.3 Å². The molecule has 9 heteroatoms. The standard InChI is InChI=1S/C17H15N3O3S2.BrH/c1-9(21)7-14-18-10(2)15(25-14)13-8-24-17(20-13)19-12-5-3-11(4-6-12)16(22)23;/h3-6,8H,7H2,1-2H3,(H,19,20)(H,22,23);1H. The summed E-state index contributed by atoms with van der Waals surface area (Å²) in [4.78, 5) is 32.1. The van der Waals surface area contributed by atoms with Crippen LogP contribution in [-0.2, 0) is 11.2 Å². The van der Waals surface area contributed by atoms with Crippen LogP contribution in [0.5, 0.6) is 0 Å². The lowest BCUT2D eigenvalue weighted by Gasteiger charge is -2.02. The maximum absolute atomic E-state index is 11.2. The number of carboxylic acid groups (broad SMARTS) is 1. The Morgan fingerprint density at radius 2 is 1.88 bits per heavy atom. The van der Waals surface area contributed by atoms with Crippen LogP contribution in [0.1, 0.15) is 28.0 Å². The van der Waals surface area contributed by atoms with Gasteiger partial charge in [0, 0.05) is 11.1 Å². The lowest BCUT2D eigenvalue weighted by Crippen LogP contribution is -1.96. The first-order valence-corrected chi connectivity index (χ1v) is 9.14. The molecule has 2 heterocycles. The minimum Gasteiger partial charge on any atom is -0.478 e. The van der Waals surface area contributed by atoms with Crippen LogP contribution in [0.25, 0.3) is 10.6 Å². The van der Waals surface area contributed by atoms with Crippen LogP contribution in [0.2, 0.25) is 0 Å². The average Bonchev–Trinajstić information content (AvgIpc) is 3.13. The molecule has 0 aliphatic carbocycles. The topological polar surface area (TPSA) is 92.2 Å². The molecule has 3 rings (SSSR count). The number of carboxylic acids is 1. The number of nitrogens with one attached hydrogen (secondary N) is 1. The lowest BCUT2D eigenvalue weighted by molar-refractivity contribution is -0.116. The van der Waals surface area contributed by atoms with Gasteiger partial charge in [0.2, 0.25) is 0 Å². The molecule has 26 heavy (non-hydrogen) atoms. The normalized spacial score (nSPS) is 10.2. The summed E-state index contributed by atoms with van der Waals surface area (Å²) in [5, 5.41) is 15.5. The first-order chi connectivity index (χ1) is 11.9. The zero-order chi connectivity index (χ0) is 18.0. The van der Waals surface area contributed by atoms with Crippen LogP contribution in [-0.4, -0.2) is 26.8 Å². The van der Waals surface area contributed by atoms with E-state index < -0.39 is 5.97 Å². The maximum atomic E-state index is 11.2. The molecule has 3 aromatic rings. The summed E-state index contributed by atoms with van der Waals surface area (Å²) in [6, 6.07) is 6.49. The molecule has 0 saturated carbocycles. The second-order valence-electron chi connectivity index (χ2n) is 5.45. The average molecular weight is 454 g/mol. The van der Waals surface area contributed by atoms with Gasteiger partial charge in [-0.1, -0.05) is 0 Å². The highest BCUT2D eigenvalue weighted by Crippen LogP contribution is 2.33. The summed E-state index contributed by atoms with van der Waals surface area (Å²) in [6.07, 6.45) is 0.344. The number of thiazole rings is 2. The van der Waals surface area contributed by atoms with Crippen molar-refractivity contribution in [2.75, 3.05) is 5.32 Å². The van der Waals surface area contributed by atoms with Gasteiger partial charge in [0.15, 0.2) is 5.13 Å². The third-order valence-electron chi connectivity index (χ3n) is 3.36. The highest BCUT2D eigenvalue weighted by molar-refractivity contribution is 8.93. The fraction of sp³-hybridized carbons (Fsp3) is 0.176. The predicted octanol–water partition coefficient (Wildman–Crippen LogP) is 4.73. The third kappa shape index (κ3) is 4.75. The Hall–Kier alpha value is -2.10. The minimum atomic E-state index is -0.954. The van der Waals surface area contributed by atoms with Crippen molar-refractivity contribution >= 4 is 62.2 Å². The van der Waals surface area contributed by atoms with Crippen molar-refractivity contribution in [3.63, 3.8) is 0 Å². The van der Waals surface area contributed by atoms with Crippen LogP contribution in [0.4, 0.5) is 10.8 Å². The molecule has 0 spiro atoms. The number of halogens is 1.